The lowest BCUT2D eigenvalue weighted by Crippen LogP contribution is -2.49. The van der Waals surface area contributed by atoms with E-state index >= 15 is 0 Å². The third-order valence-electron chi connectivity index (χ3n) is 6.55. The first-order chi connectivity index (χ1) is 11.6. The molecule has 0 saturated heterocycles. The minimum Gasteiger partial charge on any atom is -0.481 e. The Morgan fingerprint density at radius 2 is 1.29 bits per heavy atom. The zero-order chi connectivity index (χ0) is 17.4. The van der Waals surface area contributed by atoms with Gasteiger partial charge in [-0.25, -0.2) is 0 Å². The Morgan fingerprint density at radius 1 is 0.875 bits per heavy atom. The number of nitrogens with two attached hydrogens (primary N) is 1. The fourth-order valence-electron chi connectivity index (χ4n) is 5.65. The zero-order valence-electron chi connectivity index (χ0n) is 15.8. The summed E-state index contributed by atoms with van der Waals surface area (Å²) in [5.74, 6) is 1.75. The quantitative estimate of drug-likeness (QED) is 0.556. The average molecular weight is 338 g/mol. The molecule has 0 amide bonds. The number of carbonyl (C=O) groups is 1. The predicted octanol–water partition coefficient (Wildman–Crippen LogP) is 5.37. The highest BCUT2D eigenvalue weighted by Crippen LogP contribution is 2.59. The summed E-state index contributed by atoms with van der Waals surface area (Å²) >= 11 is 0. The molecular weight excluding hydrogens is 298 g/mol. The van der Waals surface area contributed by atoms with Crippen LogP contribution in [0.1, 0.15) is 96.8 Å². The number of aliphatic carboxylic acids is 1. The fourth-order valence-corrected chi connectivity index (χ4v) is 5.65. The molecule has 140 valence electrons. The van der Waals surface area contributed by atoms with Gasteiger partial charge in [-0.15, -0.1) is 0 Å². The molecule has 0 aromatic carbocycles. The maximum Gasteiger partial charge on any atom is 0.309 e. The van der Waals surface area contributed by atoms with E-state index in [1.165, 1.54) is 70.6 Å². The molecule has 4 saturated carbocycles. The monoisotopic (exact) mass is 337 g/mol. The van der Waals surface area contributed by atoms with Crippen LogP contribution in [-0.2, 0) is 4.79 Å². The third kappa shape index (κ3) is 5.47. The number of hydrogen-bond donors (Lipinski definition) is 2. The zero-order valence-corrected chi connectivity index (χ0v) is 15.8. The number of hydrogen-bond acceptors (Lipinski definition) is 2. The lowest BCUT2D eigenvalue weighted by Gasteiger charge is -2.54. The summed E-state index contributed by atoms with van der Waals surface area (Å²) in [6.45, 7) is 3.13. The van der Waals surface area contributed by atoms with Crippen LogP contribution in [0.4, 0.5) is 0 Å². The molecule has 3 nitrogen and oxygen atoms in total. The molecule has 4 fully saturated rings. The summed E-state index contributed by atoms with van der Waals surface area (Å²) in [6, 6.07) is 0. The van der Waals surface area contributed by atoms with Gasteiger partial charge in [-0.05, 0) is 69.2 Å². The lowest BCUT2D eigenvalue weighted by molar-refractivity contribution is -0.164. The van der Waals surface area contributed by atoms with E-state index in [2.05, 4.69) is 6.92 Å². The van der Waals surface area contributed by atoms with E-state index < -0.39 is 5.97 Å². The Bertz CT molecular complexity index is 337. The van der Waals surface area contributed by atoms with Crippen LogP contribution in [0.15, 0.2) is 0 Å². The van der Waals surface area contributed by atoms with Crippen molar-refractivity contribution in [3.8, 4) is 0 Å². The van der Waals surface area contributed by atoms with E-state index in [1.807, 2.05) is 0 Å². The van der Waals surface area contributed by atoms with Crippen LogP contribution < -0.4 is 5.73 Å². The van der Waals surface area contributed by atoms with Gasteiger partial charge in [0.25, 0.3) is 0 Å². The van der Waals surface area contributed by atoms with E-state index in [4.69, 9.17) is 5.73 Å². The Morgan fingerprint density at radius 3 is 1.67 bits per heavy atom. The standard InChI is InChI=1S/C11H16O2.C10H23N/c12-10(13)11-4-7-1-8(5-11)3-9(2-7)6-11;1-2-3-4-5-6-7-8-9-10-11/h7-9H,1-6H2,(H,12,13);2-11H2,1H3. The average Bonchev–Trinajstić information content (AvgIpc) is 2.53. The van der Waals surface area contributed by atoms with Crippen LogP contribution >= 0.6 is 0 Å². The number of rotatable bonds is 9. The minimum absolute atomic E-state index is 0.283. The Kier molecular flexibility index (Phi) is 8.06. The minimum atomic E-state index is -0.508. The summed E-state index contributed by atoms with van der Waals surface area (Å²) < 4.78 is 0. The van der Waals surface area contributed by atoms with Gasteiger partial charge in [0, 0.05) is 0 Å². The highest BCUT2D eigenvalue weighted by atomic mass is 16.4. The maximum absolute atomic E-state index is 11.3. The second kappa shape index (κ2) is 9.79. The van der Waals surface area contributed by atoms with Gasteiger partial charge in [-0.3, -0.25) is 4.79 Å². The molecule has 0 atom stereocenters. The topological polar surface area (TPSA) is 63.3 Å². The van der Waals surface area contributed by atoms with Crippen LogP contribution in [0.2, 0.25) is 0 Å². The van der Waals surface area contributed by atoms with Crippen molar-refractivity contribution >= 4 is 5.97 Å². The first-order valence-electron chi connectivity index (χ1n) is 10.5. The highest BCUT2D eigenvalue weighted by Gasteiger charge is 2.54. The van der Waals surface area contributed by atoms with Crippen molar-refractivity contribution in [2.24, 2.45) is 28.9 Å². The van der Waals surface area contributed by atoms with Crippen molar-refractivity contribution in [2.75, 3.05) is 6.54 Å². The fraction of sp³-hybridized carbons (Fsp3) is 0.952. The number of carboxylic acids is 1. The number of unbranched alkanes of at least 4 members (excludes halogenated alkanes) is 7. The van der Waals surface area contributed by atoms with Gasteiger partial charge < -0.3 is 10.8 Å². The Hall–Kier alpha value is -0.570. The van der Waals surface area contributed by atoms with Crippen LogP contribution in [0, 0.1) is 23.2 Å². The second-order valence-electron chi connectivity index (χ2n) is 8.77. The van der Waals surface area contributed by atoms with Gasteiger partial charge in [-0.1, -0.05) is 51.9 Å². The van der Waals surface area contributed by atoms with Crippen molar-refractivity contribution in [1.82, 2.24) is 0 Å². The SMILES string of the molecule is CCCCCCCCCCN.O=C(O)C12CC3CC(CC(C3)C1)C2. The van der Waals surface area contributed by atoms with Gasteiger partial charge >= 0.3 is 5.97 Å². The number of carboxylic acid groups (broad SMARTS) is 1. The molecule has 4 rings (SSSR count). The first-order valence-corrected chi connectivity index (χ1v) is 10.5. The molecule has 4 bridgehead atoms. The Labute approximate surface area is 148 Å². The van der Waals surface area contributed by atoms with E-state index in [-0.39, 0.29) is 5.41 Å². The van der Waals surface area contributed by atoms with Gasteiger partial charge in [0.1, 0.15) is 0 Å². The molecule has 0 radical (unpaired) electrons. The second-order valence-corrected chi connectivity index (χ2v) is 8.77. The van der Waals surface area contributed by atoms with Gasteiger partial charge in [0.15, 0.2) is 0 Å². The molecule has 4 aliphatic carbocycles. The molecule has 24 heavy (non-hydrogen) atoms. The van der Waals surface area contributed by atoms with E-state index in [9.17, 15) is 9.90 Å². The molecule has 0 spiro atoms. The summed E-state index contributed by atoms with van der Waals surface area (Å²) in [5.41, 5.74) is 5.11. The van der Waals surface area contributed by atoms with Crippen molar-refractivity contribution in [1.29, 1.82) is 0 Å². The van der Waals surface area contributed by atoms with Crippen molar-refractivity contribution in [3.63, 3.8) is 0 Å². The first kappa shape index (κ1) is 19.8. The summed E-state index contributed by atoms with van der Waals surface area (Å²) in [7, 11) is 0. The molecule has 3 N–H and O–H groups in total. The molecular formula is C21H39NO2. The maximum atomic E-state index is 11.3. The largest absolute Gasteiger partial charge is 0.481 e. The van der Waals surface area contributed by atoms with Crippen LogP contribution in [0.5, 0.6) is 0 Å². The molecule has 0 aromatic rings. The van der Waals surface area contributed by atoms with Gasteiger partial charge in [0.2, 0.25) is 0 Å². The normalized spacial score (nSPS) is 33.2. The highest BCUT2D eigenvalue weighted by molar-refractivity contribution is 5.75. The van der Waals surface area contributed by atoms with Crippen molar-refractivity contribution in [2.45, 2.75) is 96.8 Å². The summed E-state index contributed by atoms with van der Waals surface area (Å²) in [4.78, 5) is 11.3. The molecule has 0 aliphatic heterocycles. The van der Waals surface area contributed by atoms with Crippen LogP contribution in [-0.4, -0.2) is 17.6 Å². The van der Waals surface area contributed by atoms with Gasteiger partial charge in [-0.2, -0.15) is 0 Å². The Balaban J connectivity index is 0.000000178. The van der Waals surface area contributed by atoms with E-state index in [0.717, 1.165) is 43.6 Å². The van der Waals surface area contributed by atoms with E-state index in [1.54, 1.807) is 0 Å². The molecule has 0 heterocycles. The smallest absolute Gasteiger partial charge is 0.309 e. The van der Waals surface area contributed by atoms with Gasteiger partial charge in [0.05, 0.1) is 5.41 Å². The lowest BCUT2D eigenvalue weighted by atomic mass is 9.49. The van der Waals surface area contributed by atoms with E-state index in [0.29, 0.717) is 0 Å². The summed E-state index contributed by atoms with van der Waals surface area (Å²) in [5, 5.41) is 9.28. The molecule has 0 aromatic heterocycles. The predicted molar refractivity (Wildman–Crippen MR) is 99.9 cm³/mol. The molecule has 3 heteroatoms. The molecule has 0 unspecified atom stereocenters. The van der Waals surface area contributed by atoms with Crippen molar-refractivity contribution in [3.05, 3.63) is 0 Å². The molecule has 4 aliphatic rings. The third-order valence-corrected chi connectivity index (χ3v) is 6.55. The van der Waals surface area contributed by atoms with Crippen LogP contribution in [0.3, 0.4) is 0 Å². The summed E-state index contributed by atoms with van der Waals surface area (Å²) in [6.07, 6.45) is 17.9. The van der Waals surface area contributed by atoms with Crippen LogP contribution in [0.25, 0.3) is 0 Å². The van der Waals surface area contributed by atoms with Crippen molar-refractivity contribution < 1.29 is 9.90 Å².